The number of piperazine rings is 1. The number of nitrogens with zero attached hydrogens (tertiary/aromatic N) is 5. The van der Waals surface area contributed by atoms with Gasteiger partial charge in [0.2, 0.25) is 5.89 Å². The molecule has 4 heterocycles. The second kappa shape index (κ2) is 7.09. The summed E-state index contributed by atoms with van der Waals surface area (Å²) in [6, 6.07) is 5.93. The number of sulfone groups is 1. The average Bonchev–Trinajstić information content (AvgIpc) is 3.19. The average molecular weight is 396 g/mol. The Kier molecular flexibility index (Phi) is 4.80. The minimum absolute atomic E-state index is 0.102. The van der Waals surface area contributed by atoms with Crippen LogP contribution in [-0.4, -0.2) is 65.8 Å². The van der Waals surface area contributed by atoms with Crippen molar-refractivity contribution in [1.29, 1.82) is 0 Å². The third-order valence-electron chi connectivity index (χ3n) is 4.88. The highest BCUT2D eigenvalue weighted by Gasteiger charge is 2.33. The molecule has 26 heavy (non-hydrogen) atoms. The first-order valence-electron chi connectivity index (χ1n) is 8.67. The van der Waals surface area contributed by atoms with Gasteiger partial charge in [-0.1, -0.05) is 6.07 Å². The Morgan fingerprint density at radius 3 is 2.69 bits per heavy atom. The van der Waals surface area contributed by atoms with E-state index in [1.54, 1.807) is 10.9 Å². The zero-order chi connectivity index (χ0) is 18.1. The van der Waals surface area contributed by atoms with Crippen LogP contribution in [0, 0.1) is 4.84 Å². The molecule has 0 aliphatic carbocycles. The fraction of sp³-hybridized carbons (Fsp3) is 0.562. The molecule has 0 bridgehead atoms. The number of rotatable bonds is 4. The summed E-state index contributed by atoms with van der Waals surface area (Å²) < 4.78 is 30.5. The molecule has 2 aromatic heterocycles. The van der Waals surface area contributed by atoms with Gasteiger partial charge in [0, 0.05) is 32.4 Å². The van der Waals surface area contributed by atoms with Crippen LogP contribution in [0.5, 0.6) is 0 Å². The fourth-order valence-electron chi connectivity index (χ4n) is 3.42. The molecule has 2 saturated heterocycles. The monoisotopic (exact) mass is 395 g/mol. The number of aromatic nitrogens is 3. The maximum atomic E-state index is 11.7. The van der Waals surface area contributed by atoms with Gasteiger partial charge in [-0.15, -0.1) is 5.10 Å². The van der Waals surface area contributed by atoms with Gasteiger partial charge in [0.25, 0.3) is 4.84 Å². The molecule has 8 nitrogen and oxygen atoms in total. The van der Waals surface area contributed by atoms with E-state index in [1.807, 2.05) is 18.2 Å². The molecule has 10 heteroatoms. The fourth-order valence-corrected chi connectivity index (χ4v) is 5.33. The second-order valence-electron chi connectivity index (χ2n) is 6.74. The van der Waals surface area contributed by atoms with Crippen LogP contribution in [0.2, 0.25) is 0 Å². The van der Waals surface area contributed by atoms with E-state index >= 15 is 0 Å². The molecule has 0 amide bonds. The Labute approximate surface area is 157 Å². The van der Waals surface area contributed by atoms with Gasteiger partial charge in [0.05, 0.1) is 24.1 Å². The zero-order valence-corrected chi connectivity index (χ0v) is 16.0. The highest BCUT2D eigenvalue weighted by Crippen LogP contribution is 2.27. The van der Waals surface area contributed by atoms with Crippen molar-refractivity contribution < 1.29 is 12.8 Å². The van der Waals surface area contributed by atoms with Crippen LogP contribution in [0.25, 0.3) is 0 Å². The molecule has 0 aromatic carbocycles. The molecule has 0 radical (unpaired) electrons. The number of anilines is 1. The van der Waals surface area contributed by atoms with Gasteiger partial charge in [-0.2, -0.15) is 0 Å². The third-order valence-corrected chi connectivity index (χ3v) is 6.95. The molecular formula is C16H21N5O3S2. The Hall–Kier alpha value is -1.78. The standard InChI is InChI=1S/C16H21N5O3S2/c22-26(23)10-4-13(11-26)15-18-21(16(25)24-15)12-19-6-8-20(9-7-19)14-3-1-2-5-17-14/h1-3,5,13H,4,6-12H2/t13-/m0/s1. The van der Waals surface area contributed by atoms with E-state index in [0.717, 1.165) is 32.0 Å². The Morgan fingerprint density at radius 1 is 1.23 bits per heavy atom. The van der Waals surface area contributed by atoms with Crippen LogP contribution in [-0.2, 0) is 16.5 Å². The summed E-state index contributed by atoms with van der Waals surface area (Å²) in [7, 11) is -2.97. The van der Waals surface area contributed by atoms with Crippen molar-refractivity contribution in [3.8, 4) is 0 Å². The summed E-state index contributed by atoms with van der Waals surface area (Å²) in [4.78, 5) is 9.21. The number of hydrogen-bond donors (Lipinski definition) is 0. The van der Waals surface area contributed by atoms with Crippen LogP contribution < -0.4 is 4.90 Å². The van der Waals surface area contributed by atoms with Gasteiger partial charge < -0.3 is 9.32 Å². The molecule has 0 saturated carbocycles. The largest absolute Gasteiger partial charge is 0.414 e. The quantitative estimate of drug-likeness (QED) is 0.716. The molecule has 0 N–H and O–H groups in total. The van der Waals surface area contributed by atoms with Crippen molar-refractivity contribution >= 4 is 27.9 Å². The minimum atomic E-state index is -2.97. The zero-order valence-electron chi connectivity index (χ0n) is 14.3. The predicted molar refractivity (Wildman–Crippen MR) is 99.4 cm³/mol. The lowest BCUT2D eigenvalue weighted by Gasteiger charge is -2.34. The van der Waals surface area contributed by atoms with E-state index in [-0.39, 0.29) is 17.4 Å². The molecule has 1 atom stereocenters. The van der Waals surface area contributed by atoms with Crippen molar-refractivity contribution in [2.45, 2.75) is 19.0 Å². The number of hydrogen-bond acceptors (Lipinski definition) is 8. The summed E-state index contributed by atoms with van der Waals surface area (Å²) >= 11 is 5.27. The lowest BCUT2D eigenvalue weighted by molar-refractivity contribution is 0.192. The first kappa shape index (κ1) is 17.6. The van der Waals surface area contributed by atoms with Crippen molar-refractivity contribution in [2.24, 2.45) is 0 Å². The maximum absolute atomic E-state index is 11.7. The van der Waals surface area contributed by atoms with E-state index < -0.39 is 9.84 Å². The molecule has 4 rings (SSSR count). The molecule has 0 unspecified atom stereocenters. The molecule has 140 valence electrons. The Bertz CT molecular complexity index is 917. The molecule has 2 fully saturated rings. The maximum Gasteiger partial charge on any atom is 0.288 e. The van der Waals surface area contributed by atoms with Crippen LogP contribution in [0.1, 0.15) is 18.2 Å². The van der Waals surface area contributed by atoms with Crippen LogP contribution in [0.4, 0.5) is 5.82 Å². The van der Waals surface area contributed by atoms with Gasteiger partial charge in [0.15, 0.2) is 9.84 Å². The van der Waals surface area contributed by atoms with Gasteiger partial charge in [-0.05, 0) is 30.8 Å². The molecule has 2 aliphatic heterocycles. The smallest absolute Gasteiger partial charge is 0.288 e. The lowest BCUT2D eigenvalue weighted by Crippen LogP contribution is -2.47. The SMILES string of the molecule is O=S1(=O)CC[C@H](c2nn(CN3CCN(c4ccccn4)CC3)c(=S)o2)C1. The highest BCUT2D eigenvalue weighted by atomic mass is 32.2. The molecular weight excluding hydrogens is 374 g/mol. The summed E-state index contributed by atoms with van der Waals surface area (Å²) in [5, 5.41) is 4.44. The van der Waals surface area contributed by atoms with E-state index in [2.05, 4.69) is 19.9 Å². The number of pyridine rings is 1. The molecule has 2 aliphatic rings. The lowest BCUT2D eigenvalue weighted by atomic mass is 10.1. The topological polar surface area (TPSA) is 84.5 Å². The van der Waals surface area contributed by atoms with E-state index in [4.69, 9.17) is 16.6 Å². The summed E-state index contributed by atoms with van der Waals surface area (Å²) in [5.41, 5.74) is 0. The third kappa shape index (κ3) is 3.81. The molecule has 0 spiro atoms. The highest BCUT2D eigenvalue weighted by molar-refractivity contribution is 7.91. The van der Waals surface area contributed by atoms with E-state index in [0.29, 0.717) is 23.8 Å². The summed E-state index contributed by atoms with van der Waals surface area (Å²) in [6.45, 7) is 4.07. The van der Waals surface area contributed by atoms with Crippen LogP contribution >= 0.6 is 12.2 Å². The van der Waals surface area contributed by atoms with Gasteiger partial charge in [-0.3, -0.25) is 4.90 Å². The van der Waals surface area contributed by atoms with E-state index in [1.165, 1.54) is 0 Å². The van der Waals surface area contributed by atoms with Gasteiger partial charge >= 0.3 is 0 Å². The van der Waals surface area contributed by atoms with Crippen molar-refractivity contribution in [3.05, 3.63) is 35.1 Å². The van der Waals surface area contributed by atoms with Gasteiger partial charge in [0.1, 0.15) is 5.82 Å². The van der Waals surface area contributed by atoms with E-state index in [9.17, 15) is 8.42 Å². The van der Waals surface area contributed by atoms with Crippen molar-refractivity contribution in [1.82, 2.24) is 19.7 Å². The summed E-state index contributed by atoms with van der Waals surface area (Å²) in [6.07, 6.45) is 2.36. The Morgan fingerprint density at radius 2 is 2.04 bits per heavy atom. The van der Waals surface area contributed by atoms with Crippen molar-refractivity contribution in [2.75, 3.05) is 42.6 Å². The Balaban J connectivity index is 1.38. The first-order valence-corrected chi connectivity index (χ1v) is 10.9. The van der Waals surface area contributed by atoms with Crippen molar-refractivity contribution in [3.63, 3.8) is 0 Å². The first-order chi connectivity index (χ1) is 12.5. The van der Waals surface area contributed by atoms with Crippen LogP contribution in [0.15, 0.2) is 28.8 Å². The normalized spacial score (nSPS) is 23.4. The van der Waals surface area contributed by atoms with Crippen LogP contribution in [0.3, 0.4) is 0 Å². The van der Waals surface area contributed by atoms with Gasteiger partial charge in [-0.25, -0.2) is 18.1 Å². The second-order valence-corrected chi connectivity index (χ2v) is 9.32. The predicted octanol–water partition coefficient (Wildman–Crippen LogP) is 1.28. The minimum Gasteiger partial charge on any atom is -0.414 e. The summed E-state index contributed by atoms with van der Waals surface area (Å²) in [5.74, 6) is 1.56. The molecule has 2 aromatic rings.